The molecule has 2 atom stereocenters. The number of phosphoric acid groups is 1. The number of phosphoric ester groups is 1. The minimum absolute atomic E-state index is 0.232. The smallest absolute Gasteiger partial charge is 0.462 e. The van der Waals surface area contributed by atoms with Gasteiger partial charge < -0.3 is 14.4 Å². The molecule has 9 heteroatoms. The average Bonchev–Trinajstić information content (AvgIpc) is 3.20. The summed E-state index contributed by atoms with van der Waals surface area (Å²) in [4.78, 5) is 34.6. The molecule has 0 fully saturated rings. The van der Waals surface area contributed by atoms with Gasteiger partial charge in [-0.1, -0.05) is 177 Å². The van der Waals surface area contributed by atoms with Crippen molar-refractivity contribution >= 4 is 19.8 Å². The Morgan fingerprint density at radius 3 is 1.35 bits per heavy atom. The van der Waals surface area contributed by atoms with Gasteiger partial charge in [0.1, 0.15) is 6.61 Å². The Morgan fingerprint density at radius 2 is 0.895 bits per heavy atom. The number of hydrogen-bond acceptors (Lipinski definition) is 7. The molecule has 8 nitrogen and oxygen atoms in total. The molecule has 0 spiro atoms. The Kier molecular flexibility index (Phi) is 41.6. The van der Waals surface area contributed by atoms with Crippen LogP contribution in [0.5, 0.6) is 0 Å². The zero-order chi connectivity index (χ0) is 41.8. The molecule has 1 N–H and O–H groups in total. The van der Waals surface area contributed by atoms with Gasteiger partial charge in [0.05, 0.1) is 6.61 Å². The average molecular weight is 821 g/mol. The largest absolute Gasteiger partial charge is 0.472 e. The van der Waals surface area contributed by atoms with E-state index in [1.165, 1.54) is 103 Å². The lowest BCUT2D eigenvalue weighted by Gasteiger charge is -2.19. The van der Waals surface area contributed by atoms with Gasteiger partial charge in [-0.3, -0.25) is 18.6 Å². The van der Waals surface area contributed by atoms with Crippen LogP contribution in [0.25, 0.3) is 0 Å². The summed E-state index contributed by atoms with van der Waals surface area (Å²) in [5.74, 6) is -0.817. The van der Waals surface area contributed by atoms with Crippen LogP contribution in [0, 0.1) is 0 Å². The summed E-state index contributed by atoms with van der Waals surface area (Å²) in [6.45, 7) is 3.77. The number of rotatable bonds is 42. The second-order valence-electron chi connectivity index (χ2n) is 15.2. The van der Waals surface area contributed by atoms with Crippen LogP contribution in [0.3, 0.4) is 0 Å². The maximum Gasteiger partial charge on any atom is 0.472 e. The molecular formula is C48H85O8P. The third-order valence-corrected chi connectivity index (χ3v) is 10.7. The summed E-state index contributed by atoms with van der Waals surface area (Å²) in [7, 11) is -3.21. The molecule has 0 aliphatic heterocycles. The first-order valence-corrected chi connectivity index (χ1v) is 24.5. The quantitative estimate of drug-likeness (QED) is 0.0281. The molecule has 0 radical (unpaired) electrons. The lowest BCUT2D eigenvalue weighted by molar-refractivity contribution is -0.161. The number of ether oxygens (including phenoxy) is 2. The highest BCUT2D eigenvalue weighted by Gasteiger charge is 2.24. The van der Waals surface area contributed by atoms with E-state index in [9.17, 15) is 19.0 Å². The summed E-state index contributed by atoms with van der Waals surface area (Å²) >= 11 is 0. The van der Waals surface area contributed by atoms with Crippen LogP contribution < -0.4 is 0 Å². The molecule has 0 bridgehead atoms. The zero-order valence-electron chi connectivity index (χ0n) is 36.7. The van der Waals surface area contributed by atoms with Crippen molar-refractivity contribution in [2.45, 2.75) is 213 Å². The molecule has 0 rings (SSSR count). The Balaban J connectivity index is 3.99. The minimum atomic E-state index is -4.27. The van der Waals surface area contributed by atoms with Crippen LogP contribution >= 0.6 is 7.82 Å². The first-order valence-electron chi connectivity index (χ1n) is 23.0. The summed E-state index contributed by atoms with van der Waals surface area (Å²) < 4.78 is 32.1. The van der Waals surface area contributed by atoms with E-state index in [4.69, 9.17) is 14.0 Å². The number of unbranched alkanes of at least 4 members (excludes halogenated alkanes) is 21. The molecule has 0 amide bonds. The van der Waals surface area contributed by atoms with Crippen molar-refractivity contribution < 1.29 is 37.6 Å². The van der Waals surface area contributed by atoms with E-state index in [0.717, 1.165) is 77.7 Å². The van der Waals surface area contributed by atoms with E-state index in [1.54, 1.807) is 0 Å². The van der Waals surface area contributed by atoms with Crippen molar-refractivity contribution in [3.8, 4) is 0 Å². The molecule has 0 aromatic carbocycles. The molecule has 0 aliphatic rings. The molecule has 330 valence electrons. The third-order valence-electron chi connectivity index (χ3n) is 9.75. The van der Waals surface area contributed by atoms with Gasteiger partial charge in [0.15, 0.2) is 6.10 Å². The maximum atomic E-state index is 12.5. The number of carbonyl (C=O) groups is 2. The van der Waals surface area contributed by atoms with Crippen LogP contribution in [0.1, 0.15) is 206 Å². The molecular weight excluding hydrogens is 735 g/mol. The first-order chi connectivity index (χ1) is 27.8. The van der Waals surface area contributed by atoms with E-state index >= 15 is 0 Å². The van der Waals surface area contributed by atoms with Crippen molar-refractivity contribution in [1.29, 1.82) is 0 Å². The minimum Gasteiger partial charge on any atom is -0.462 e. The van der Waals surface area contributed by atoms with E-state index in [-0.39, 0.29) is 25.4 Å². The molecule has 0 heterocycles. The third kappa shape index (κ3) is 43.2. The van der Waals surface area contributed by atoms with Crippen LogP contribution in [0.2, 0.25) is 0 Å². The van der Waals surface area contributed by atoms with Crippen molar-refractivity contribution in [3.05, 3.63) is 60.8 Å². The molecule has 0 saturated heterocycles. The zero-order valence-corrected chi connectivity index (χ0v) is 37.6. The van der Waals surface area contributed by atoms with Gasteiger partial charge in [0, 0.05) is 20.0 Å². The van der Waals surface area contributed by atoms with Crippen LogP contribution in [-0.2, 0) is 32.7 Å². The molecule has 0 saturated carbocycles. The fraction of sp³-hybridized carbons (Fsp3) is 0.750. The summed E-state index contributed by atoms with van der Waals surface area (Å²) in [6, 6.07) is 0. The normalized spacial score (nSPS) is 13.8. The fourth-order valence-corrected chi connectivity index (χ4v) is 6.69. The second kappa shape index (κ2) is 43.3. The van der Waals surface area contributed by atoms with Crippen LogP contribution in [0.15, 0.2) is 60.8 Å². The number of hydrogen-bond donors (Lipinski definition) is 1. The molecule has 0 aromatic heterocycles. The predicted molar refractivity (Wildman–Crippen MR) is 239 cm³/mol. The van der Waals surface area contributed by atoms with Crippen LogP contribution in [0.4, 0.5) is 0 Å². The first kappa shape index (κ1) is 54.8. The van der Waals surface area contributed by atoms with Gasteiger partial charge in [0.25, 0.3) is 0 Å². The van der Waals surface area contributed by atoms with Crippen molar-refractivity contribution in [3.63, 3.8) is 0 Å². The van der Waals surface area contributed by atoms with E-state index in [0.29, 0.717) is 6.42 Å². The number of carbonyl (C=O) groups excluding carboxylic acids is 2. The van der Waals surface area contributed by atoms with Gasteiger partial charge in [-0.2, -0.15) is 0 Å². The van der Waals surface area contributed by atoms with Gasteiger partial charge in [0.2, 0.25) is 0 Å². The van der Waals surface area contributed by atoms with Gasteiger partial charge in [-0.25, -0.2) is 4.57 Å². The molecule has 57 heavy (non-hydrogen) atoms. The van der Waals surface area contributed by atoms with E-state index in [2.05, 4.69) is 79.1 Å². The predicted octanol–water partition coefficient (Wildman–Crippen LogP) is 14.7. The summed E-state index contributed by atoms with van der Waals surface area (Å²) in [5, 5.41) is 0. The second-order valence-corrected chi connectivity index (χ2v) is 16.7. The number of allylic oxidation sites excluding steroid dienone is 10. The standard InChI is InChI=1S/C48H85O8P/c1-4-6-8-10-12-14-16-18-20-22-23-24-25-27-29-31-33-35-37-39-41-43-48(50)56-46(45-55-57(51,52)53-3)44-54-47(49)42-40-38-36-34-32-30-28-26-21-19-17-15-13-11-9-7-5-2/h6,8,12,14,18-21,23-24,46H,4-5,7,9-11,13,15-17,22,25-45H2,1-3H3,(H,51,52)/b8-6-,14-12-,20-18-,21-19-,24-23-. The molecule has 0 aromatic rings. The lowest BCUT2D eigenvalue weighted by Crippen LogP contribution is -2.29. The fourth-order valence-electron chi connectivity index (χ4n) is 6.23. The Hall–Kier alpha value is -2.25. The highest BCUT2D eigenvalue weighted by atomic mass is 31.2. The van der Waals surface area contributed by atoms with E-state index in [1.807, 2.05) is 0 Å². The van der Waals surface area contributed by atoms with Gasteiger partial charge in [-0.15, -0.1) is 0 Å². The Labute approximate surface area is 350 Å². The van der Waals surface area contributed by atoms with Gasteiger partial charge in [-0.05, 0) is 77.0 Å². The highest BCUT2D eigenvalue weighted by Crippen LogP contribution is 2.42. The topological polar surface area (TPSA) is 108 Å². The van der Waals surface area contributed by atoms with E-state index < -0.39 is 26.5 Å². The molecule has 2 unspecified atom stereocenters. The Bertz CT molecular complexity index is 1110. The summed E-state index contributed by atoms with van der Waals surface area (Å²) in [6.07, 6.45) is 54.1. The van der Waals surface area contributed by atoms with Gasteiger partial charge >= 0.3 is 19.8 Å². The SMILES string of the molecule is CC/C=C\C/C=C\C/C=C\C/C=C\CCCCCCCCCCC(=O)OC(COC(=O)CCCCCCCCC/C=C\CCCCCCCC)COP(=O)(O)OC. The van der Waals surface area contributed by atoms with Crippen molar-refractivity contribution in [2.75, 3.05) is 20.3 Å². The molecule has 0 aliphatic carbocycles. The van der Waals surface area contributed by atoms with Crippen molar-refractivity contribution in [1.82, 2.24) is 0 Å². The van der Waals surface area contributed by atoms with Crippen LogP contribution in [-0.4, -0.2) is 43.3 Å². The number of esters is 2. The Morgan fingerprint density at radius 1 is 0.509 bits per heavy atom. The highest BCUT2D eigenvalue weighted by molar-refractivity contribution is 7.47. The maximum absolute atomic E-state index is 12.5. The lowest BCUT2D eigenvalue weighted by atomic mass is 10.1. The monoisotopic (exact) mass is 821 g/mol. The summed E-state index contributed by atoms with van der Waals surface area (Å²) in [5.41, 5.74) is 0. The van der Waals surface area contributed by atoms with Crippen molar-refractivity contribution in [2.24, 2.45) is 0 Å².